The van der Waals surface area contributed by atoms with E-state index >= 15 is 0 Å². The van der Waals surface area contributed by atoms with Gasteiger partial charge < -0.3 is 14.1 Å². The molecule has 5 aromatic rings. The molecule has 3 aromatic carbocycles. The third kappa shape index (κ3) is 7.20. The minimum absolute atomic E-state index is 0.0137. The Morgan fingerprint density at radius 1 is 1.05 bits per heavy atom. The maximum absolute atomic E-state index is 14.2. The number of anilines is 1. The predicted octanol–water partition coefficient (Wildman–Crippen LogP) is 8.36. The number of benzene rings is 3. The Morgan fingerprint density at radius 3 is 2.52 bits per heavy atom. The molecular weight excluding hydrogens is 574 g/mol. The van der Waals surface area contributed by atoms with E-state index in [0.29, 0.717) is 36.0 Å². The molecule has 0 radical (unpaired) electrons. The zero-order valence-corrected chi connectivity index (χ0v) is 23.6. The zero-order valence-electron chi connectivity index (χ0n) is 23.6. The maximum atomic E-state index is 14.2. The highest BCUT2D eigenvalue weighted by Gasteiger charge is 2.31. The molecular formula is C34H27F4N3O3. The van der Waals surface area contributed by atoms with Crippen molar-refractivity contribution in [3.63, 3.8) is 0 Å². The van der Waals surface area contributed by atoms with Crippen LogP contribution in [0.5, 0.6) is 5.88 Å². The molecule has 0 spiro atoms. The molecule has 10 heteroatoms. The Hall–Kier alpha value is -5.25. The minimum Gasteiger partial charge on any atom is -0.473 e. The first-order valence-corrected chi connectivity index (χ1v) is 13.5. The van der Waals surface area contributed by atoms with E-state index in [0.717, 1.165) is 46.5 Å². The van der Waals surface area contributed by atoms with Gasteiger partial charge in [0.1, 0.15) is 24.5 Å². The van der Waals surface area contributed by atoms with Gasteiger partial charge in [0.15, 0.2) is 6.39 Å². The number of nitrogens with zero attached hydrogens (tertiary/aromatic N) is 3. The fourth-order valence-corrected chi connectivity index (χ4v) is 4.61. The van der Waals surface area contributed by atoms with Crippen LogP contribution >= 0.6 is 0 Å². The predicted molar refractivity (Wildman–Crippen MR) is 158 cm³/mol. The standard InChI is InChI=1S/C34H27F4N3O3/c1-22-6-7-25(19-42)15-32(22)41(18-29-17-39-21-44-29)23(2)14-24-8-10-26(11-9-24)31-4-3-5-33(40-31)43-20-27-12-13-28(16-30(27)35)34(36,37)38/h3-13,15-17,19,21H,2,14,18,20H2,1H3. The monoisotopic (exact) mass is 601 g/mol. The molecule has 0 fully saturated rings. The topological polar surface area (TPSA) is 68.5 Å². The highest BCUT2D eigenvalue weighted by atomic mass is 19.4. The summed E-state index contributed by atoms with van der Waals surface area (Å²) in [4.78, 5) is 21.9. The zero-order chi connectivity index (χ0) is 31.3. The van der Waals surface area contributed by atoms with Crippen LogP contribution in [-0.4, -0.2) is 16.3 Å². The first-order valence-electron chi connectivity index (χ1n) is 13.5. The lowest BCUT2D eigenvalue weighted by Crippen LogP contribution is -2.23. The van der Waals surface area contributed by atoms with Crippen LogP contribution in [0.1, 0.15) is 38.4 Å². The third-order valence-electron chi connectivity index (χ3n) is 6.98. The van der Waals surface area contributed by atoms with Crippen LogP contribution in [0, 0.1) is 12.7 Å². The Kier molecular flexibility index (Phi) is 8.89. The van der Waals surface area contributed by atoms with E-state index in [1.165, 1.54) is 6.39 Å². The fraction of sp³-hybridized carbons (Fsp3) is 0.147. The quantitative estimate of drug-likeness (QED) is 0.112. The second-order valence-electron chi connectivity index (χ2n) is 10.1. The van der Waals surface area contributed by atoms with E-state index in [2.05, 4.69) is 16.5 Å². The molecule has 0 N–H and O–H groups in total. The summed E-state index contributed by atoms with van der Waals surface area (Å²) < 4.78 is 63.8. The lowest BCUT2D eigenvalue weighted by Gasteiger charge is -2.28. The molecule has 2 heterocycles. The van der Waals surface area contributed by atoms with Crippen LogP contribution in [0.4, 0.5) is 23.2 Å². The number of carbonyl (C=O) groups is 1. The van der Waals surface area contributed by atoms with E-state index in [-0.39, 0.29) is 18.1 Å². The number of rotatable bonds is 11. The first-order chi connectivity index (χ1) is 21.1. The smallest absolute Gasteiger partial charge is 0.416 e. The highest BCUT2D eigenvalue weighted by Crippen LogP contribution is 2.31. The fourth-order valence-electron chi connectivity index (χ4n) is 4.61. The molecule has 0 amide bonds. The number of hydrogen-bond acceptors (Lipinski definition) is 6. The number of aldehydes is 1. The lowest BCUT2D eigenvalue weighted by atomic mass is 10.0. The molecule has 0 atom stereocenters. The van der Waals surface area contributed by atoms with Crippen molar-refractivity contribution in [1.82, 2.24) is 9.97 Å². The largest absolute Gasteiger partial charge is 0.473 e. The molecule has 2 aromatic heterocycles. The van der Waals surface area contributed by atoms with Crippen molar-refractivity contribution in [2.75, 3.05) is 4.90 Å². The summed E-state index contributed by atoms with van der Waals surface area (Å²) >= 11 is 0. The van der Waals surface area contributed by atoms with Crippen LogP contribution in [0.15, 0.2) is 108 Å². The van der Waals surface area contributed by atoms with Gasteiger partial charge >= 0.3 is 6.18 Å². The van der Waals surface area contributed by atoms with Crippen LogP contribution in [0.2, 0.25) is 0 Å². The van der Waals surface area contributed by atoms with Crippen LogP contribution in [0.3, 0.4) is 0 Å². The van der Waals surface area contributed by atoms with Gasteiger partial charge in [-0.25, -0.2) is 14.4 Å². The number of carbonyl (C=O) groups excluding carboxylic acids is 1. The number of halogens is 4. The van der Waals surface area contributed by atoms with Gasteiger partial charge in [0.25, 0.3) is 0 Å². The molecule has 0 saturated carbocycles. The number of aryl methyl sites for hydroxylation is 1. The molecule has 0 unspecified atom stereocenters. The minimum atomic E-state index is -4.63. The van der Waals surface area contributed by atoms with Gasteiger partial charge in [-0.2, -0.15) is 13.2 Å². The van der Waals surface area contributed by atoms with Gasteiger partial charge in [0.05, 0.1) is 24.0 Å². The summed E-state index contributed by atoms with van der Waals surface area (Å²) in [6.45, 7) is 6.40. The summed E-state index contributed by atoms with van der Waals surface area (Å²) in [7, 11) is 0. The summed E-state index contributed by atoms with van der Waals surface area (Å²) in [5, 5.41) is 0. The number of alkyl halides is 3. The molecule has 5 rings (SSSR count). The summed E-state index contributed by atoms with van der Waals surface area (Å²) in [6.07, 6.45) is -0.311. The number of hydrogen-bond donors (Lipinski definition) is 0. The molecule has 0 saturated heterocycles. The van der Waals surface area contributed by atoms with Crippen LogP contribution in [-0.2, 0) is 25.7 Å². The van der Waals surface area contributed by atoms with E-state index in [1.54, 1.807) is 30.5 Å². The van der Waals surface area contributed by atoms with Gasteiger partial charge in [0.2, 0.25) is 5.88 Å². The van der Waals surface area contributed by atoms with Crippen molar-refractivity contribution >= 4 is 12.0 Å². The van der Waals surface area contributed by atoms with Crippen molar-refractivity contribution < 1.29 is 31.5 Å². The molecule has 6 nitrogen and oxygen atoms in total. The summed E-state index contributed by atoms with van der Waals surface area (Å²) in [5.74, 6) is -0.152. The number of oxazole rings is 1. The second kappa shape index (κ2) is 12.9. The summed E-state index contributed by atoms with van der Waals surface area (Å²) in [6, 6.07) is 20.6. The van der Waals surface area contributed by atoms with Gasteiger partial charge in [-0.05, 0) is 42.3 Å². The van der Waals surface area contributed by atoms with Crippen molar-refractivity contribution in [2.24, 2.45) is 0 Å². The average Bonchev–Trinajstić information content (AvgIpc) is 3.53. The number of allylic oxidation sites excluding steroid dienone is 1. The number of aromatic nitrogens is 2. The van der Waals surface area contributed by atoms with E-state index in [4.69, 9.17) is 9.15 Å². The van der Waals surface area contributed by atoms with Gasteiger partial charge in [-0.3, -0.25) is 4.79 Å². The average molecular weight is 602 g/mol. The molecule has 44 heavy (non-hydrogen) atoms. The van der Waals surface area contributed by atoms with Crippen molar-refractivity contribution in [3.8, 4) is 17.1 Å². The van der Waals surface area contributed by atoms with Gasteiger partial charge in [-0.15, -0.1) is 0 Å². The van der Waals surface area contributed by atoms with E-state index < -0.39 is 17.6 Å². The number of pyridine rings is 1. The Balaban J connectivity index is 1.28. The number of ether oxygens (including phenoxy) is 1. The molecule has 0 aliphatic rings. The van der Waals surface area contributed by atoms with Crippen LogP contribution < -0.4 is 9.64 Å². The second-order valence-corrected chi connectivity index (χ2v) is 10.1. The van der Waals surface area contributed by atoms with Gasteiger partial charge in [-0.1, -0.05) is 55.1 Å². The van der Waals surface area contributed by atoms with E-state index in [9.17, 15) is 22.4 Å². The van der Waals surface area contributed by atoms with Crippen molar-refractivity contribution in [3.05, 3.63) is 143 Å². The normalized spacial score (nSPS) is 11.3. The highest BCUT2D eigenvalue weighted by molar-refractivity contribution is 5.78. The molecule has 0 aliphatic heterocycles. The Bertz CT molecular complexity index is 1770. The maximum Gasteiger partial charge on any atom is 0.416 e. The molecule has 0 aliphatic carbocycles. The summed E-state index contributed by atoms with van der Waals surface area (Å²) in [5.41, 5.74) is 4.46. The lowest BCUT2D eigenvalue weighted by molar-refractivity contribution is -0.137. The Morgan fingerprint density at radius 2 is 1.84 bits per heavy atom. The van der Waals surface area contributed by atoms with Crippen molar-refractivity contribution in [1.29, 1.82) is 0 Å². The third-order valence-corrected chi connectivity index (χ3v) is 6.98. The first kappa shape index (κ1) is 30.2. The van der Waals surface area contributed by atoms with Crippen molar-refractivity contribution in [2.45, 2.75) is 32.7 Å². The Labute approximate surface area is 251 Å². The van der Waals surface area contributed by atoms with E-state index in [1.807, 2.05) is 48.2 Å². The molecule has 0 bridgehead atoms. The van der Waals surface area contributed by atoms with Gasteiger partial charge in [0, 0.05) is 40.6 Å². The molecule has 224 valence electrons. The SMILES string of the molecule is C=C(Cc1ccc(-c2cccc(OCc3ccc(C(F)(F)F)cc3F)n2)cc1)N(Cc1cnco1)c1cc(C=O)ccc1C. The van der Waals surface area contributed by atoms with Crippen LogP contribution in [0.25, 0.3) is 11.3 Å².